The van der Waals surface area contributed by atoms with Crippen LogP contribution in [0.15, 0.2) is 36.4 Å². The second-order valence-electron chi connectivity index (χ2n) is 9.33. The number of rotatable bonds is 8. The first-order valence-electron chi connectivity index (χ1n) is 12.1. The van der Waals surface area contributed by atoms with Gasteiger partial charge in [0.2, 0.25) is 0 Å². The normalized spacial score (nSPS) is 28.0. The summed E-state index contributed by atoms with van der Waals surface area (Å²) in [6, 6.07) is 8.45. The summed E-state index contributed by atoms with van der Waals surface area (Å²) in [4.78, 5) is 0. The van der Waals surface area contributed by atoms with Gasteiger partial charge in [-0.05, 0) is 81.8 Å². The Morgan fingerprint density at radius 1 is 0.857 bits per heavy atom. The third-order valence-corrected chi connectivity index (χ3v) is 6.42. The number of phenols is 4. The molecule has 0 radical (unpaired) electrons. The highest BCUT2D eigenvalue weighted by molar-refractivity contribution is 5.40. The maximum Gasteiger partial charge on any atom is 0.188 e. The molecule has 2 aliphatic heterocycles. The van der Waals surface area contributed by atoms with Crippen LogP contribution in [0.2, 0.25) is 0 Å². The SMILES string of the molecule is CC1CC(CCCC(O)CC2CCOC(c3cc(O)ccc3O)O2)OC(c2cc(O)ccc2O)O1. The van der Waals surface area contributed by atoms with Crippen molar-refractivity contribution in [3.63, 3.8) is 0 Å². The fourth-order valence-corrected chi connectivity index (χ4v) is 4.62. The highest BCUT2D eigenvalue weighted by Crippen LogP contribution is 2.38. The van der Waals surface area contributed by atoms with Gasteiger partial charge in [0.25, 0.3) is 0 Å². The van der Waals surface area contributed by atoms with E-state index >= 15 is 0 Å². The van der Waals surface area contributed by atoms with Gasteiger partial charge in [-0.3, -0.25) is 0 Å². The summed E-state index contributed by atoms with van der Waals surface area (Å²) < 4.78 is 23.4. The van der Waals surface area contributed by atoms with Gasteiger partial charge in [0.05, 0.1) is 42.1 Å². The Labute approximate surface area is 204 Å². The van der Waals surface area contributed by atoms with Gasteiger partial charge in [-0.2, -0.15) is 0 Å². The molecule has 6 unspecified atom stereocenters. The number of benzene rings is 2. The summed E-state index contributed by atoms with van der Waals surface area (Å²) in [6.07, 6.45) is 1.24. The van der Waals surface area contributed by atoms with Crippen molar-refractivity contribution >= 4 is 0 Å². The molecule has 0 aliphatic carbocycles. The van der Waals surface area contributed by atoms with Gasteiger partial charge in [0, 0.05) is 0 Å². The Kier molecular flexibility index (Phi) is 8.35. The average Bonchev–Trinajstić information content (AvgIpc) is 2.82. The lowest BCUT2D eigenvalue weighted by Crippen LogP contribution is -2.32. The molecule has 9 nitrogen and oxygen atoms in total. The molecule has 5 N–H and O–H groups in total. The minimum Gasteiger partial charge on any atom is -0.508 e. The van der Waals surface area contributed by atoms with Crippen molar-refractivity contribution in [3.8, 4) is 23.0 Å². The van der Waals surface area contributed by atoms with Crippen LogP contribution in [-0.4, -0.2) is 56.6 Å². The van der Waals surface area contributed by atoms with E-state index in [1.54, 1.807) is 0 Å². The molecule has 2 aromatic rings. The summed E-state index contributed by atoms with van der Waals surface area (Å²) in [6.45, 7) is 2.37. The Morgan fingerprint density at radius 3 is 2.17 bits per heavy atom. The van der Waals surface area contributed by atoms with E-state index < -0.39 is 18.7 Å². The van der Waals surface area contributed by atoms with Crippen LogP contribution in [0.25, 0.3) is 0 Å². The number of aliphatic hydroxyl groups excluding tert-OH is 1. The van der Waals surface area contributed by atoms with E-state index in [0.717, 1.165) is 12.8 Å². The minimum absolute atomic E-state index is 0.00451. The fraction of sp³-hybridized carbons (Fsp3) is 0.538. The number of aromatic hydroxyl groups is 4. The van der Waals surface area contributed by atoms with Crippen LogP contribution in [0.5, 0.6) is 23.0 Å². The molecule has 0 aromatic heterocycles. The van der Waals surface area contributed by atoms with Crippen LogP contribution in [0.4, 0.5) is 0 Å². The van der Waals surface area contributed by atoms with Crippen molar-refractivity contribution < 1.29 is 44.5 Å². The Morgan fingerprint density at radius 2 is 1.49 bits per heavy atom. The maximum absolute atomic E-state index is 10.6. The van der Waals surface area contributed by atoms with Gasteiger partial charge in [0.1, 0.15) is 23.0 Å². The van der Waals surface area contributed by atoms with Crippen LogP contribution < -0.4 is 0 Å². The zero-order valence-electron chi connectivity index (χ0n) is 19.7. The Bertz CT molecular complexity index is 981. The summed E-state index contributed by atoms with van der Waals surface area (Å²) >= 11 is 0. The molecule has 6 atom stereocenters. The summed E-state index contributed by atoms with van der Waals surface area (Å²) in [7, 11) is 0. The molecular weight excluding hydrogens is 456 g/mol. The van der Waals surface area contributed by atoms with Crippen molar-refractivity contribution in [3.05, 3.63) is 47.5 Å². The fourth-order valence-electron chi connectivity index (χ4n) is 4.62. The molecule has 0 bridgehead atoms. The lowest BCUT2D eigenvalue weighted by atomic mass is 9.99. The quantitative estimate of drug-likeness (QED) is 0.346. The van der Waals surface area contributed by atoms with Gasteiger partial charge in [-0.25, -0.2) is 0 Å². The van der Waals surface area contributed by atoms with E-state index in [-0.39, 0.29) is 41.3 Å². The van der Waals surface area contributed by atoms with Crippen molar-refractivity contribution in [2.24, 2.45) is 0 Å². The average molecular weight is 491 g/mol. The van der Waals surface area contributed by atoms with E-state index in [4.69, 9.17) is 18.9 Å². The predicted octanol–water partition coefficient (Wildman–Crippen LogP) is 4.13. The molecule has 192 valence electrons. The van der Waals surface area contributed by atoms with Crippen molar-refractivity contribution in [2.45, 2.75) is 82.4 Å². The Hall–Kier alpha value is -2.56. The van der Waals surface area contributed by atoms with Gasteiger partial charge >= 0.3 is 0 Å². The summed E-state index contributed by atoms with van der Waals surface area (Å²) in [5.74, 6) is 0.0278. The molecule has 2 aliphatic rings. The molecule has 0 amide bonds. The largest absolute Gasteiger partial charge is 0.508 e. The van der Waals surface area contributed by atoms with Gasteiger partial charge in [-0.1, -0.05) is 0 Å². The zero-order chi connectivity index (χ0) is 24.9. The van der Waals surface area contributed by atoms with Gasteiger partial charge in [-0.15, -0.1) is 0 Å². The molecule has 0 saturated carbocycles. The van der Waals surface area contributed by atoms with E-state index in [2.05, 4.69) is 0 Å². The molecule has 9 heteroatoms. The van der Waals surface area contributed by atoms with Crippen LogP contribution in [-0.2, 0) is 18.9 Å². The van der Waals surface area contributed by atoms with Crippen LogP contribution in [0.3, 0.4) is 0 Å². The minimum atomic E-state index is -0.795. The number of aliphatic hydroxyl groups is 1. The molecular formula is C26H34O9. The van der Waals surface area contributed by atoms with Gasteiger partial charge < -0.3 is 44.5 Å². The summed E-state index contributed by atoms with van der Waals surface area (Å²) in [5.41, 5.74) is 0.757. The number of phenolic OH excluding ortho intramolecular Hbond substituents is 4. The Balaban J connectivity index is 1.24. The van der Waals surface area contributed by atoms with E-state index in [1.165, 1.54) is 36.4 Å². The first-order valence-corrected chi connectivity index (χ1v) is 12.1. The van der Waals surface area contributed by atoms with E-state index in [1.807, 2.05) is 6.92 Å². The van der Waals surface area contributed by atoms with Crippen LogP contribution in [0, 0.1) is 0 Å². The lowest BCUT2D eigenvalue weighted by molar-refractivity contribution is -0.245. The highest BCUT2D eigenvalue weighted by atomic mass is 16.7. The lowest BCUT2D eigenvalue weighted by Gasteiger charge is -2.35. The first-order chi connectivity index (χ1) is 16.8. The predicted molar refractivity (Wildman–Crippen MR) is 125 cm³/mol. The van der Waals surface area contributed by atoms with Crippen LogP contribution in [0.1, 0.15) is 69.2 Å². The maximum atomic E-state index is 10.6. The zero-order valence-corrected chi connectivity index (χ0v) is 19.7. The smallest absolute Gasteiger partial charge is 0.188 e. The molecule has 0 spiro atoms. The third kappa shape index (κ3) is 6.77. The molecule has 2 heterocycles. The van der Waals surface area contributed by atoms with E-state index in [9.17, 15) is 25.5 Å². The van der Waals surface area contributed by atoms with Crippen LogP contribution >= 0.6 is 0 Å². The number of ether oxygens (including phenoxy) is 4. The second kappa shape index (κ2) is 11.5. The van der Waals surface area contributed by atoms with Crippen molar-refractivity contribution in [1.82, 2.24) is 0 Å². The van der Waals surface area contributed by atoms with Crippen molar-refractivity contribution in [1.29, 1.82) is 0 Å². The first kappa shape index (κ1) is 25.5. The highest BCUT2D eigenvalue weighted by Gasteiger charge is 2.31. The second-order valence-corrected chi connectivity index (χ2v) is 9.33. The third-order valence-electron chi connectivity index (χ3n) is 6.42. The number of hydrogen-bond donors (Lipinski definition) is 5. The molecule has 35 heavy (non-hydrogen) atoms. The topological polar surface area (TPSA) is 138 Å². The van der Waals surface area contributed by atoms with E-state index in [0.29, 0.717) is 43.4 Å². The molecule has 2 fully saturated rings. The monoisotopic (exact) mass is 490 g/mol. The molecule has 2 saturated heterocycles. The summed E-state index contributed by atoms with van der Waals surface area (Å²) in [5, 5.41) is 50.3. The molecule has 4 rings (SSSR count). The molecule has 2 aromatic carbocycles. The van der Waals surface area contributed by atoms with Gasteiger partial charge in [0.15, 0.2) is 12.6 Å². The van der Waals surface area contributed by atoms with Crippen molar-refractivity contribution in [2.75, 3.05) is 6.61 Å². The number of hydrogen-bond acceptors (Lipinski definition) is 9. The standard InChI is InChI=1S/C26H34O9/c1-15-11-19(35-26(33-15)22-14-18(29)6-8-24(22)31)4-2-3-16(27)12-20-9-10-32-25(34-20)21-13-17(28)5-7-23(21)30/h5-8,13-16,19-20,25-31H,2-4,9-12H2,1H3.